The number of hydrogen-bond acceptors (Lipinski definition) is 7. The van der Waals surface area contributed by atoms with E-state index in [1.165, 1.54) is 26.0 Å². The lowest BCUT2D eigenvalue weighted by Gasteiger charge is -2.29. The Bertz CT molecular complexity index is 822. The van der Waals surface area contributed by atoms with Crippen LogP contribution in [0.5, 0.6) is 11.5 Å². The topological polar surface area (TPSA) is 99.2 Å². The smallest absolute Gasteiger partial charge is 0.311 e. The van der Waals surface area contributed by atoms with Crippen molar-refractivity contribution in [1.29, 1.82) is 0 Å². The molecule has 0 aliphatic carbocycles. The van der Waals surface area contributed by atoms with Crippen molar-refractivity contribution in [2.24, 2.45) is 0 Å². The van der Waals surface area contributed by atoms with E-state index in [9.17, 15) is 18.0 Å². The lowest BCUT2D eigenvalue weighted by atomic mass is 10.1. The van der Waals surface area contributed by atoms with Crippen LogP contribution in [-0.2, 0) is 30.6 Å². The maximum atomic E-state index is 12.7. The Kier molecular flexibility index (Phi) is 7.29. The maximum Gasteiger partial charge on any atom is 0.311 e. The summed E-state index contributed by atoms with van der Waals surface area (Å²) >= 11 is 0. The zero-order chi connectivity index (χ0) is 20.9. The van der Waals surface area contributed by atoms with Gasteiger partial charge in [0.2, 0.25) is 0 Å². The Labute approximate surface area is 165 Å². The van der Waals surface area contributed by atoms with E-state index in [-0.39, 0.29) is 29.9 Å². The monoisotopic (exact) mass is 413 g/mol. The van der Waals surface area contributed by atoms with Crippen LogP contribution in [0.4, 0.5) is 0 Å². The number of esters is 1. The molecule has 9 heteroatoms. The third-order valence-corrected chi connectivity index (χ3v) is 6.48. The molecule has 0 radical (unpaired) electrons. The van der Waals surface area contributed by atoms with Crippen molar-refractivity contribution in [2.75, 3.05) is 32.3 Å². The van der Waals surface area contributed by atoms with Crippen molar-refractivity contribution in [3.63, 3.8) is 0 Å². The second kappa shape index (κ2) is 9.27. The van der Waals surface area contributed by atoms with E-state index < -0.39 is 21.9 Å². The fraction of sp³-hybridized carbons (Fsp3) is 0.579. The fourth-order valence-corrected chi connectivity index (χ4v) is 5.03. The Morgan fingerprint density at radius 2 is 1.89 bits per heavy atom. The minimum Gasteiger partial charge on any atom is -0.493 e. The van der Waals surface area contributed by atoms with Gasteiger partial charge in [0.15, 0.2) is 27.4 Å². The van der Waals surface area contributed by atoms with Crippen molar-refractivity contribution in [2.45, 2.75) is 38.8 Å². The van der Waals surface area contributed by atoms with Gasteiger partial charge in [-0.05, 0) is 38.0 Å². The summed E-state index contributed by atoms with van der Waals surface area (Å²) in [5.41, 5.74) is 0.663. The minimum absolute atomic E-state index is 0.0259. The highest BCUT2D eigenvalue weighted by atomic mass is 32.2. The average Bonchev–Trinajstić information content (AvgIpc) is 3.01. The Morgan fingerprint density at radius 1 is 1.21 bits per heavy atom. The van der Waals surface area contributed by atoms with Crippen LogP contribution in [0.25, 0.3) is 0 Å². The first-order valence-electron chi connectivity index (χ1n) is 9.12. The second-order valence-electron chi connectivity index (χ2n) is 6.68. The number of carbonyl (C=O) groups excluding carboxylic acids is 2. The average molecular weight is 413 g/mol. The SMILES string of the molecule is CCN(C(=O)[C@H](C)OC(=O)Cc1ccc(OC)c(OC)c1)[C@@H]1CCS(=O)(=O)C1. The van der Waals surface area contributed by atoms with E-state index in [4.69, 9.17) is 14.2 Å². The van der Waals surface area contributed by atoms with Gasteiger partial charge in [0.05, 0.1) is 32.1 Å². The third-order valence-electron chi connectivity index (χ3n) is 4.73. The number of likely N-dealkylation sites (N-methyl/N-ethyl adjacent to an activating group) is 1. The van der Waals surface area contributed by atoms with Crippen molar-refractivity contribution in [3.8, 4) is 11.5 Å². The summed E-state index contributed by atoms with van der Waals surface area (Å²) in [6, 6.07) is 4.72. The molecule has 1 aromatic carbocycles. The first-order chi connectivity index (χ1) is 13.2. The number of amides is 1. The van der Waals surface area contributed by atoms with E-state index >= 15 is 0 Å². The lowest BCUT2D eigenvalue weighted by Crippen LogP contribution is -2.46. The van der Waals surface area contributed by atoms with E-state index in [0.717, 1.165) is 0 Å². The molecule has 156 valence electrons. The second-order valence-corrected chi connectivity index (χ2v) is 8.91. The molecule has 1 amide bonds. The zero-order valence-corrected chi connectivity index (χ0v) is 17.5. The number of rotatable bonds is 8. The summed E-state index contributed by atoms with van der Waals surface area (Å²) in [6.07, 6.45) is -0.605. The van der Waals surface area contributed by atoms with E-state index in [1.54, 1.807) is 25.1 Å². The van der Waals surface area contributed by atoms with Gasteiger partial charge in [-0.15, -0.1) is 0 Å². The number of methoxy groups -OCH3 is 2. The molecular weight excluding hydrogens is 386 g/mol. The molecule has 8 nitrogen and oxygen atoms in total. The van der Waals surface area contributed by atoms with Crippen LogP contribution in [0.3, 0.4) is 0 Å². The van der Waals surface area contributed by atoms with Crippen molar-refractivity contribution < 1.29 is 32.2 Å². The summed E-state index contributed by atoms with van der Waals surface area (Å²) in [5.74, 6) is 0.145. The maximum absolute atomic E-state index is 12.7. The number of carbonyl (C=O) groups is 2. The van der Waals surface area contributed by atoms with E-state index in [1.807, 2.05) is 0 Å². The molecule has 1 aromatic rings. The molecule has 1 fully saturated rings. The highest BCUT2D eigenvalue weighted by Gasteiger charge is 2.36. The molecular formula is C19H27NO7S. The van der Waals surface area contributed by atoms with Crippen LogP contribution in [0, 0.1) is 0 Å². The molecule has 2 rings (SSSR count). The van der Waals surface area contributed by atoms with Crippen molar-refractivity contribution in [1.82, 2.24) is 4.90 Å². The molecule has 0 unspecified atom stereocenters. The zero-order valence-electron chi connectivity index (χ0n) is 16.6. The molecule has 0 aromatic heterocycles. The van der Waals surface area contributed by atoms with E-state index in [2.05, 4.69) is 0 Å². The molecule has 28 heavy (non-hydrogen) atoms. The van der Waals surface area contributed by atoms with Crippen molar-refractivity contribution in [3.05, 3.63) is 23.8 Å². The predicted molar refractivity (Wildman–Crippen MR) is 103 cm³/mol. The van der Waals surface area contributed by atoms with Crippen LogP contribution >= 0.6 is 0 Å². The fourth-order valence-electron chi connectivity index (χ4n) is 3.30. The predicted octanol–water partition coefficient (Wildman–Crippen LogP) is 1.21. The normalized spacial score (nSPS) is 18.9. The number of benzene rings is 1. The van der Waals surface area contributed by atoms with Crippen molar-refractivity contribution >= 4 is 21.7 Å². The van der Waals surface area contributed by atoms with Crippen LogP contribution in [0.1, 0.15) is 25.8 Å². The molecule has 0 bridgehead atoms. The number of sulfone groups is 1. The Balaban J connectivity index is 1.98. The molecule has 1 heterocycles. The summed E-state index contributed by atoms with van der Waals surface area (Å²) in [6.45, 7) is 3.64. The summed E-state index contributed by atoms with van der Waals surface area (Å²) < 4.78 is 39.0. The third kappa shape index (κ3) is 5.37. The Hall–Kier alpha value is -2.29. The van der Waals surface area contributed by atoms with Gasteiger partial charge in [0, 0.05) is 12.6 Å². The van der Waals surface area contributed by atoms with E-state index in [0.29, 0.717) is 30.0 Å². The molecule has 1 saturated heterocycles. The first kappa shape index (κ1) is 22.0. The van der Waals surface area contributed by atoms with Crippen LogP contribution in [0.15, 0.2) is 18.2 Å². The van der Waals surface area contributed by atoms with Crippen LogP contribution in [0.2, 0.25) is 0 Å². The van der Waals surface area contributed by atoms with Gasteiger partial charge in [-0.25, -0.2) is 8.42 Å². The lowest BCUT2D eigenvalue weighted by molar-refractivity contribution is -0.159. The molecule has 1 aliphatic heterocycles. The highest BCUT2D eigenvalue weighted by Crippen LogP contribution is 2.28. The summed E-state index contributed by atoms with van der Waals surface area (Å²) in [5, 5.41) is 0. The molecule has 2 atom stereocenters. The summed E-state index contributed by atoms with van der Waals surface area (Å²) in [7, 11) is -0.0845. The molecule has 0 spiro atoms. The van der Waals surface area contributed by atoms with Crippen LogP contribution < -0.4 is 9.47 Å². The molecule has 0 saturated carbocycles. The van der Waals surface area contributed by atoms with Gasteiger partial charge in [0.1, 0.15) is 0 Å². The number of ether oxygens (including phenoxy) is 3. The highest BCUT2D eigenvalue weighted by molar-refractivity contribution is 7.91. The largest absolute Gasteiger partial charge is 0.493 e. The number of nitrogens with zero attached hydrogens (tertiary/aromatic N) is 1. The van der Waals surface area contributed by atoms with Gasteiger partial charge in [-0.2, -0.15) is 0 Å². The number of hydrogen-bond donors (Lipinski definition) is 0. The minimum atomic E-state index is -3.11. The standard InChI is InChI=1S/C19H27NO7S/c1-5-20(15-8-9-28(23,24)12-15)19(22)13(2)27-18(21)11-14-6-7-16(25-3)17(10-14)26-4/h6-7,10,13,15H,5,8-9,11-12H2,1-4H3/t13-,15+/m0/s1. The van der Waals surface area contributed by atoms with Gasteiger partial charge in [-0.1, -0.05) is 6.07 Å². The van der Waals surface area contributed by atoms with Gasteiger partial charge >= 0.3 is 5.97 Å². The summed E-state index contributed by atoms with van der Waals surface area (Å²) in [4.78, 5) is 26.4. The quantitative estimate of drug-likeness (QED) is 0.591. The Morgan fingerprint density at radius 3 is 2.43 bits per heavy atom. The van der Waals surface area contributed by atoms with Crippen LogP contribution in [-0.4, -0.2) is 69.6 Å². The van der Waals surface area contributed by atoms with Gasteiger partial charge in [-0.3, -0.25) is 9.59 Å². The first-order valence-corrected chi connectivity index (χ1v) is 10.9. The van der Waals surface area contributed by atoms with Gasteiger partial charge < -0.3 is 19.1 Å². The van der Waals surface area contributed by atoms with Gasteiger partial charge in [0.25, 0.3) is 5.91 Å². The molecule has 0 N–H and O–H groups in total. The molecule has 1 aliphatic rings.